The van der Waals surface area contributed by atoms with Crippen LogP contribution in [0.1, 0.15) is 33.6 Å². The van der Waals surface area contributed by atoms with Gasteiger partial charge in [-0.25, -0.2) is 0 Å². The predicted octanol–water partition coefficient (Wildman–Crippen LogP) is 0.673. The highest BCUT2D eigenvalue weighted by Gasteiger charge is 2.29. The summed E-state index contributed by atoms with van der Waals surface area (Å²) in [7, 11) is 0. The van der Waals surface area contributed by atoms with Crippen LogP contribution in [-0.2, 0) is 9.59 Å². The summed E-state index contributed by atoms with van der Waals surface area (Å²) in [5.74, 6) is 0.487. The van der Waals surface area contributed by atoms with E-state index in [1.807, 2.05) is 20.8 Å². The molecule has 86 valence electrons. The number of amides is 2. The van der Waals surface area contributed by atoms with E-state index in [0.29, 0.717) is 5.92 Å². The minimum Gasteiger partial charge on any atom is -0.352 e. The van der Waals surface area contributed by atoms with Gasteiger partial charge in [-0.2, -0.15) is 0 Å². The van der Waals surface area contributed by atoms with Gasteiger partial charge in [0, 0.05) is 12.0 Å². The molecule has 4 nitrogen and oxygen atoms in total. The van der Waals surface area contributed by atoms with Gasteiger partial charge in [0.2, 0.25) is 11.8 Å². The summed E-state index contributed by atoms with van der Waals surface area (Å²) in [4.78, 5) is 22.6. The van der Waals surface area contributed by atoms with E-state index in [-0.39, 0.29) is 30.3 Å². The molecule has 0 aromatic rings. The molecule has 0 spiro atoms. The normalized spacial score (nSPS) is 17.3. The molecule has 0 unspecified atom stereocenters. The molecule has 0 aliphatic heterocycles. The first-order valence-electron chi connectivity index (χ1n) is 5.57. The number of hydrogen-bond acceptors (Lipinski definition) is 2. The maximum absolute atomic E-state index is 11.4. The molecule has 15 heavy (non-hydrogen) atoms. The Morgan fingerprint density at radius 2 is 1.87 bits per heavy atom. The van der Waals surface area contributed by atoms with Gasteiger partial charge in [-0.05, 0) is 25.7 Å². The zero-order valence-electron chi connectivity index (χ0n) is 9.67. The van der Waals surface area contributed by atoms with Crippen LogP contribution in [0, 0.1) is 11.8 Å². The highest BCUT2D eigenvalue weighted by molar-refractivity contribution is 5.86. The lowest BCUT2D eigenvalue weighted by molar-refractivity contribution is -0.127. The fourth-order valence-electron chi connectivity index (χ4n) is 1.13. The number of carbonyl (C=O) groups excluding carboxylic acids is 2. The summed E-state index contributed by atoms with van der Waals surface area (Å²) in [6.07, 6.45) is 1.94. The number of nitrogens with one attached hydrogen (secondary N) is 2. The lowest BCUT2D eigenvalue weighted by atomic mass is 10.1. The third-order valence-electron chi connectivity index (χ3n) is 2.76. The molecule has 1 aliphatic rings. The van der Waals surface area contributed by atoms with E-state index in [2.05, 4.69) is 10.6 Å². The third-order valence-corrected chi connectivity index (χ3v) is 2.76. The number of carbonyl (C=O) groups is 2. The summed E-state index contributed by atoms with van der Waals surface area (Å²) >= 11 is 0. The Bertz CT molecular complexity index is 247. The Balaban J connectivity index is 2.15. The van der Waals surface area contributed by atoms with Crippen molar-refractivity contribution < 1.29 is 9.59 Å². The van der Waals surface area contributed by atoms with Crippen molar-refractivity contribution >= 4 is 11.8 Å². The van der Waals surface area contributed by atoms with Gasteiger partial charge in [0.15, 0.2) is 0 Å². The summed E-state index contributed by atoms with van der Waals surface area (Å²) in [5.41, 5.74) is 0. The van der Waals surface area contributed by atoms with Crippen LogP contribution in [0.4, 0.5) is 0 Å². The fraction of sp³-hybridized carbons (Fsp3) is 0.818. The van der Waals surface area contributed by atoms with E-state index >= 15 is 0 Å². The zero-order valence-corrected chi connectivity index (χ0v) is 9.67. The first kappa shape index (κ1) is 12.0. The monoisotopic (exact) mass is 212 g/mol. The Morgan fingerprint density at radius 3 is 2.33 bits per heavy atom. The molecule has 1 atom stereocenters. The maximum atomic E-state index is 11.4. The van der Waals surface area contributed by atoms with Crippen molar-refractivity contribution in [3.05, 3.63) is 0 Å². The molecule has 1 rings (SSSR count). The van der Waals surface area contributed by atoms with Crippen molar-refractivity contribution in [2.24, 2.45) is 11.8 Å². The van der Waals surface area contributed by atoms with Crippen LogP contribution in [0.2, 0.25) is 0 Å². The van der Waals surface area contributed by atoms with E-state index in [0.717, 1.165) is 12.8 Å². The van der Waals surface area contributed by atoms with Crippen LogP contribution >= 0.6 is 0 Å². The quantitative estimate of drug-likeness (QED) is 0.704. The van der Waals surface area contributed by atoms with Crippen molar-refractivity contribution in [2.75, 3.05) is 6.54 Å². The molecule has 0 bridgehead atoms. The summed E-state index contributed by atoms with van der Waals surface area (Å²) in [5, 5.41) is 5.48. The second kappa shape index (κ2) is 5.14. The average Bonchev–Trinajstić information content (AvgIpc) is 2.96. The summed E-state index contributed by atoms with van der Waals surface area (Å²) in [6, 6.07) is 0.148. The molecule has 0 radical (unpaired) electrons. The van der Waals surface area contributed by atoms with Crippen LogP contribution in [-0.4, -0.2) is 24.4 Å². The topological polar surface area (TPSA) is 58.2 Å². The number of hydrogen-bond donors (Lipinski definition) is 2. The summed E-state index contributed by atoms with van der Waals surface area (Å²) in [6.45, 7) is 6.17. The molecule has 1 aliphatic carbocycles. The molecule has 4 heteroatoms. The predicted molar refractivity (Wildman–Crippen MR) is 58.2 cm³/mol. The number of rotatable bonds is 5. The standard InChI is InChI=1S/C11H20N2O2/c1-7(2)8(3)13-10(14)6-12-11(15)9-4-5-9/h7-9H,4-6H2,1-3H3,(H,12,15)(H,13,14)/t8-/m1/s1. The smallest absolute Gasteiger partial charge is 0.239 e. The SMILES string of the molecule is CC(C)[C@@H](C)NC(=O)CNC(=O)C1CC1. The van der Waals surface area contributed by atoms with E-state index in [1.165, 1.54) is 0 Å². The first-order chi connectivity index (χ1) is 7.00. The van der Waals surface area contributed by atoms with E-state index in [1.54, 1.807) is 0 Å². The molecule has 1 saturated carbocycles. The molecule has 0 aromatic carbocycles. The molecule has 1 fully saturated rings. The van der Waals surface area contributed by atoms with Gasteiger partial charge in [-0.3, -0.25) is 9.59 Å². The van der Waals surface area contributed by atoms with Crippen LogP contribution in [0.5, 0.6) is 0 Å². The van der Waals surface area contributed by atoms with Gasteiger partial charge in [0.05, 0.1) is 6.54 Å². The van der Waals surface area contributed by atoms with Gasteiger partial charge < -0.3 is 10.6 Å². The highest BCUT2D eigenvalue weighted by atomic mass is 16.2. The van der Waals surface area contributed by atoms with Gasteiger partial charge in [-0.15, -0.1) is 0 Å². The molecule has 2 N–H and O–H groups in total. The Labute approximate surface area is 90.8 Å². The minimum atomic E-state index is -0.106. The fourth-order valence-corrected chi connectivity index (χ4v) is 1.13. The van der Waals surface area contributed by atoms with Crippen LogP contribution in [0.15, 0.2) is 0 Å². The first-order valence-corrected chi connectivity index (χ1v) is 5.57. The Hall–Kier alpha value is -1.06. The largest absolute Gasteiger partial charge is 0.352 e. The summed E-state index contributed by atoms with van der Waals surface area (Å²) < 4.78 is 0. The van der Waals surface area contributed by atoms with Crippen molar-refractivity contribution in [3.8, 4) is 0 Å². The second-order valence-electron chi connectivity index (χ2n) is 4.59. The van der Waals surface area contributed by atoms with Gasteiger partial charge in [0.25, 0.3) is 0 Å². The van der Waals surface area contributed by atoms with Gasteiger partial charge in [-0.1, -0.05) is 13.8 Å². The molecule has 0 saturated heterocycles. The van der Waals surface area contributed by atoms with E-state index in [9.17, 15) is 9.59 Å². The second-order valence-corrected chi connectivity index (χ2v) is 4.59. The molecular formula is C11H20N2O2. The van der Waals surface area contributed by atoms with Crippen molar-refractivity contribution in [1.82, 2.24) is 10.6 Å². The van der Waals surface area contributed by atoms with Crippen molar-refractivity contribution in [3.63, 3.8) is 0 Å². The van der Waals surface area contributed by atoms with E-state index in [4.69, 9.17) is 0 Å². The van der Waals surface area contributed by atoms with E-state index < -0.39 is 0 Å². The van der Waals surface area contributed by atoms with Crippen LogP contribution in [0.25, 0.3) is 0 Å². The zero-order chi connectivity index (χ0) is 11.4. The molecule has 0 heterocycles. The molecule has 2 amide bonds. The maximum Gasteiger partial charge on any atom is 0.239 e. The van der Waals surface area contributed by atoms with Crippen molar-refractivity contribution in [2.45, 2.75) is 39.7 Å². The molecule has 0 aromatic heterocycles. The van der Waals surface area contributed by atoms with Crippen LogP contribution in [0.3, 0.4) is 0 Å². The molecular weight excluding hydrogens is 192 g/mol. The minimum absolute atomic E-state index is 0.0161. The highest BCUT2D eigenvalue weighted by Crippen LogP contribution is 2.28. The van der Waals surface area contributed by atoms with Crippen molar-refractivity contribution in [1.29, 1.82) is 0 Å². The average molecular weight is 212 g/mol. The third kappa shape index (κ3) is 4.32. The van der Waals surface area contributed by atoms with Gasteiger partial charge >= 0.3 is 0 Å². The Morgan fingerprint density at radius 1 is 1.27 bits per heavy atom. The Kier molecular flexibility index (Phi) is 4.12. The van der Waals surface area contributed by atoms with Gasteiger partial charge in [0.1, 0.15) is 0 Å². The van der Waals surface area contributed by atoms with Crippen LogP contribution < -0.4 is 10.6 Å². The lowest BCUT2D eigenvalue weighted by Gasteiger charge is -2.17. The lowest BCUT2D eigenvalue weighted by Crippen LogP contribution is -2.43.